The van der Waals surface area contributed by atoms with E-state index in [1.807, 2.05) is 18.2 Å². The number of rotatable bonds is 5. The van der Waals surface area contributed by atoms with E-state index in [-0.39, 0.29) is 17.9 Å². The predicted octanol–water partition coefficient (Wildman–Crippen LogP) is 3.49. The monoisotopic (exact) mass is 351 g/mol. The molecule has 1 atom stereocenters. The molecule has 0 bridgehead atoms. The van der Waals surface area contributed by atoms with Gasteiger partial charge in [0.15, 0.2) is 5.78 Å². The third kappa shape index (κ3) is 3.40. The molecule has 0 radical (unpaired) electrons. The lowest BCUT2D eigenvalue weighted by molar-refractivity contribution is 0.0994. The van der Waals surface area contributed by atoms with E-state index in [1.165, 1.54) is 0 Å². The fourth-order valence-electron chi connectivity index (χ4n) is 3.44. The lowest BCUT2D eigenvalue weighted by Gasteiger charge is -2.19. The van der Waals surface area contributed by atoms with Gasteiger partial charge in [-0.3, -0.25) is 4.79 Å². The maximum absolute atomic E-state index is 12.5. The topological polar surface area (TPSA) is 80.3 Å². The van der Waals surface area contributed by atoms with Gasteiger partial charge in [0.1, 0.15) is 0 Å². The Bertz CT molecular complexity index is 844. The number of fused-ring (bicyclic) bond motifs is 1. The molecule has 1 fully saturated rings. The Morgan fingerprint density at radius 2 is 2.08 bits per heavy atom. The molecule has 1 unspecified atom stereocenters. The van der Waals surface area contributed by atoms with Crippen LogP contribution in [0, 0.1) is 5.92 Å². The van der Waals surface area contributed by atoms with Crippen molar-refractivity contribution in [2.45, 2.75) is 31.7 Å². The van der Waals surface area contributed by atoms with Crippen LogP contribution in [0.4, 0.5) is 10.5 Å². The van der Waals surface area contributed by atoms with Gasteiger partial charge in [0.25, 0.3) is 0 Å². The summed E-state index contributed by atoms with van der Waals surface area (Å²) in [6, 6.07) is 8.90. The molecule has 6 heteroatoms. The van der Waals surface area contributed by atoms with E-state index in [1.54, 1.807) is 25.4 Å². The van der Waals surface area contributed by atoms with Crippen molar-refractivity contribution in [2.75, 3.05) is 12.4 Å². The summed E-state index contributed by atoms with van der Waals surface area (Å²) in [6.45, 7) is 0. The number of urea groups is 1. The largest absolute Gasteiger partial charge is 0.481 e. The molecule has 2 amide bonds. The second kappa shape index (κ2) is 6.78. The van der Waals surface area contributed by atoms with Gasteiger partial charge in [-0.1, -0.05) is 6.07 Å². The molecule has 134 valence electrons. The number of methoxy groups -OCH3 is 1. The molecule has 1 aromatic carbocycles. The van der Waals surface area contributed by atoms with E-state index in [4.69, 9.17) is 4.74 Å². The number of amides is 2. The molecule has 4 rings (SSSR count). The van der Waals surface area contributed by atoms with Crippen molar-refractivity contribution in [3.63, 3.8) is 0 Å². The molecule has 0 spiro atoms. The number of nitrogens with one attached hydrogen (secondary N) is 2. The zero-order chi connectivity index (χ0) is 18.1. The fraction of sp³-hybridized carbons (Fsp3) is 0.350. The molecule has 2 aliphatic rings. The van der Waals surface area contributed by atoms with Gasteiger partial charge in [-0.25, -0.2) is 9.78 Å². The van der Waals surface area contributed by atoms with Gasteiger partial charge in [0.05, 0.1) is 13.2 Å². The first-order chi connectivity index (χ1) is 12.6. The summed E-state index contributed by atoms with van der Waals surface area (Å²) >= 11 is 0. The highest BCUT2D eigenvalue weighted by atomic mass is 16.5. The second-order valence-electron chi connectivity index (χ2n) is 6.84. The van der Waals surface area contributed by atoms with Crippen LogP contribution in [-0.2, 0) is 6.42 Å². The average Bonchev–Trinajstić information content (AvgIpc) is 3.43. The van der Waals surface area contributed by atoms with E-state index >= 15 is 0 Å². The molecular formula is C20H21N3O3. The number of ketones is 1. The Balaban J connectivity index is 1.44. The van der Waals surface area contributed by atoms with Gasteiger partial charge in [-0.2, -0.15) is 0 Å². The maximum Gasteiger partial charge on any atom is 0.319 e. The number of aromatic nitrogens is 1. The van der Waals surface area contributed by atoms with E-state index < -0.39 is 0 Å². The summed E-state index contributed by atoms with van der Waals surface area (Å²) < 4.78 is 5.09. The third-order valence-electron chi connectivity index (χ3n) is 4.99. The Labute approximate surface area is 152 Å². The van der Waals surface area contributed by atoms with Crippen molar-refractivity contribution in [2.24, 2.45) is 5.92 Å². The van der Waals surface area contributed by atoms with Gasteiger partial charge >= 0.3 is 6.03 Å². The van der Waals surface area contributed by atoms with Gasteiger partial charge in [-0.05, 0) is 54.5 Å². The summed E-state index contributed by atoms with van der Waals surface area (Å²) in [4.78, 5) is 28.4. The van der Waals surface area contributed by atoms with Crippen molar-refractivity contribution < 1.29 is 14.3 Å². The molecule has 2 N–H and O–H groups in total. The highest BCUT2D eigenvalue weighted by Gasteiger charge is 2.33. The SMILES string of the molecule is COc1ccc(C(NC(=O)Nc2ccc3c(c2)CCC3=O)C2CC2)cn1. The molecule has 1 aromatic heterocycles. The first kappa shape index (κ1) is 16.6. The molecule has 1 saturated carbocycles. The van der Waals surface area contributed by atoms with Crippen molar-refractivity contribution in [1.82, 2.24) is 10.3 Å². The smallest absolute Gasteiger partial charge is 0.319 e. The highest BCUT2D eigenvalue weighted by Crippen LogP contribution is 2.41. The number of anilines is 1. The summed E-state index contributed by atoms with van der Waals surface area (Å²) in [5, 5.41) is 5.95. The summed E-state index contributed by atoms with van der Waals surface area (Å²) in [7, 11) is 1.58. The van der Waals surface area contributed by atoms with Crippen LogP contribution < -0.4 is 15.4 Å². The normalized spacial score (nSPS) is 16.7. The van der Waals surface area contributed by atoms with Crippen molar-refractivity contribution in [3.05, 3.63) is 53.2 Å². The molecule has 2 aliphatic carbocycles. The number of carbonyl (C=O) groups is 2. The van der Waals surface area contributed by atoms with E-state index in [0.29, 0.717) is 23.9 Å². The van der Waals surface area contributed by atoms with Crippen molar-refractivity contribution in [1.29, 1.82) is 0 Å². The fourth-order valence-corrected chi connectivity index (χ4v) is 3.44. The zero-order valence-corrected chi connectivity index (χ0v) is 14.6. The number of pyridine rings is 1. The van der Waals surface area contributed by atoms with Gasteiger partial charge in [-0.15, -0.1) is 0 Å². The maximum atomic E-state index is 12.5. The number of benzene rings is 1. The third-order valence-corrected chi connectivity index (χ3v) is 4.99. The van der Waals surface area contributed by atoms with E-state index in [0.717, 1.165) is 36.0 Å². The lowest BCUT2D eigenvalue weighted by Crippen LogP contribution is -2.33. The summed E-state index contributed by atoms with van der Waals surface area (Å²) in [5.41, 5.74) is 3.46. The van der Waals surface area contributed by atoms with Crippen LogP contribution in [0.1, 0.15) is 46.8 Å². The quantitative estimate of drug-likeness (QED) is 0.864. The number of hydrogen-bond acceptors (Lipinski definition) is 4. The van der Waals surface area contributed by atoms with Crippen LogP contribution in [0.2, 0.25) is 0 Å². The second-order valence-corrected chi connectivity index (χ2v) is 6.84. The number of Topliss-reactive ketones (excluding diaryl/α,β-unsaturated/α-hetero) is 1. The number of ether oxygens (including phenoxy) is 1. The molecule has 0 aliphatic heterocycles. The number of carbonyl (C=O) groups excluding carboxylic acids is 2. The van der Waals surface area contributed by atoms with E-state index in [9.17, 15) is 9.59 Å². The first-order valence-electron chi connectivity index (χ1n) is 8.87. The Hall–Kier alpha value is -2.89. The van der Waals surface area contributed by atoms with Gasteiger partial charge < -0.3 is 15.4 Å². The first-order valence-corrected chi connectivity index (χ1v) is 8.87. The van der Waals surface area contributed by atoms with Crippen LogP contribution in [0.5, 0.6) is 5.88 Å². The Morgan fingerprint density at radius 1 is 1.23 bits per heavy atom. The summed E-state index contributed by atoms with van der Waals surface area (Å²) in [5.74, 6) is 1.17. The lowest BCUT2D eigenvalue weighted by atomic mass is 10.0. The Kier molecular flexibility index (Phi) is 4.32. The van der Waals surface area contributed by atoms with Crippen molar-refractivity contribution >= 4 is 17.5 Å². The summed E-state index contributed by atoms with van der Waals surface area (Å²) in [6.07, 6.45) is 5.24. The standard InChI is InChI=1S/C20H21N3O3/c1-26-18-9-5-14(11-21-18)19(12-2-3-12)23-20(25)22-15-6-7-16-13(10-15)4-8-17(16)24/h5-7,9-12,19H,2-4,8H2,1H3,(H2,22,23,25). The highest BCUT2D eigenvalue weighted by molar-refractivity contribution is 6.01. The molecule has 2 aromatic rings. The molecule has 6 nitrogen and oxygen atoms in total. The van der Waals surface area contributed by atoms with Gasteiger partial charge in [0, 0.05) is 29.9 Å². The molecule has 0 saturated heterocycles. The molecule has 1 heterocycles. The van der Waals surface area contributed by atoms with Crippen LogP contribution in [-0.4, -0.2) is 23.9 Å². The minimum Gasteiger partial charge on any atom is -0.481 e. The number of hydrogen-bond donors (Lipinski definition) is 2. The minimum absolute atomic E-state index is 0.0654. The molecular weight excluding hydrogens is 330 g/mol. The zero-order valence-electron chi connectivity index (χ0n) is 14.6. The average molecular weight is 351 g/mol. The van der Waals surface area contributed by atoms with Gasteiger partial charge in [0.2, 0.25) is 5.88 Å². The van der Waals surface area contributed by atoms with Crippen LogP contribution in [0.25, 0.3) is 0 Å². The predicted molar refractivity (Wildman–Crippen MR) is 97.5 cm³/mol. The van der Waals surface area contributed by atoms with E-state index in [2.05, 4.69) is 15.6 Å². The number of aryl methyl sites for hydroxylation is 1. The van der Waals surface area contributed by atoms with Crippen molar-refractivity contribution in [3.8, 4) is 5.88 Å². The van der Waals surface area contributed by atoms with Crippen LogP contribution in [0.3, 0.4) is 0 Å². The molecule has 26 heavy (non-hydrogen) atoms. The minimum atomic E-state index is -0.248. The van der Waals surface area contributed by atoms with Crippen LogP contribution >= 0.6 is 0 Å². The van der Waals surface area contributed by atoms with Crippen LogP contribution in [0.15, 0.2) is 36.5 Å². The Morgan fingerprint density at radius 3 is 2.77 bits per heavy atom. The number of nitrogens with zero attached hydrogens (tertiary/aromatic N) is 1.